The first kappa shape index (κ1) is 19.7. The number of benzene rings is 2. The van der Waals surface area contributed by atoms with Crippen LogP contribution in [0.5, 0.6) is 11.5 Å². The molecule has 0 saturated heterocycles. The minimum atomic E-state index is -0.218. The molecule has 1 heterocycles. The molecule has 1 saturated carbocycles. The molecule has 1 aliphatic heterocycles. The van der Waals surface area contributed by atoms with Gasteiger partial charge in [0, 0.05) is 23.5 Å². The van der Waals surface area contributed by atoms with E-state index in [-0.39, 0.29) is 23.7 Å². The molecule has 0 aromatic heterocycles. The van der Waals surface area contributed by atoms with Crippen molar-refractivity contribution >= 4 is 5.91 Å². The van der Waals surface area contributed by atoms with Crippen LogP contribution in [-0.4, -0.2) is 33.2 Å². The van der Waals surface area contributed by atoms with Gasteiger partial charge in [0.15, 0.2) is 11.5 Å². The first-order chi connectivity index (χ1) is 14.1. The standard InChI is InChI=1S/C23H27FN2O3/c1-28-21-11-17-8-9-26(14-15-4-3-5-18(24)10-15)20(19(17)12-22(21)29-2)13-25-23(27)16-6-7-16/h3-5,10-12,16,20H,6-9,13-14H2,1-2H3,(H,25,27)/p+1/t20-/m0/s1. The minimum Gasteiger partial charge on any atom is -0.493 e. The first-order valence-electron chi connectivity index (χ1n) is 10.2. The van der Waals surface area contributed by atoms with E-state index < -0.39 is 0 Å². The van der Waals surface area contributed by atoms with Crippen molar-refractivity contribution in [3.63, 3.8) is 0 Å². The lowest BCUT2D eigenvalue weighted by Gasteiger charge is -2.35. The fourth-order valence-electron chi connectivity index (χ4n) is 4.23. The number of methoxy groups -OCH3 is 2. The summed E-state index contributed by atoms with van der Waals surface area (Å²) in [7, 11) is 3.27. The van der Waals surface area contributed by atoms with Crippen LogP contribution in [0.4, 0.5) is 4.39 Å². The van der Waals surface area contributed by atoms with Crippen LogP contribution in [0.15, 0.2) is 36.4 Å². The molecule has 2 aromatic carbocycles. The zero-order valence-corrected chi connectivity index (χ0v) is 17.0. The number of nitrogens with one attached hydrogen (secondary N) is 2. The molecule has 4 rings (SSSR count). The fourth-order valence-corrected chi connectivity index (χ4v) is 4.23. The second-order valence-electron chi connectivity index (χ2n) is 7.94. The Morgan fingerprint density at radius 3 is 2.62 bits per heavy atom. The first-order valence-corrected chi connectivity index (χ1v) is 10.2. The number of hydrogen-bond acceptors (Lipinski definition) is 3. The molecule has 6 heteroatoms. The largest absolute Gasteiger partial charge is 0.493 e. The van der Waals surface area contributed by atoms with Crippen LogP contribution in [0.2, 0.25) is 0 Å². The number of quaternary nitrogens is 1. The molecule has 2 atom stereocenters. The molecule has 1 aliphatic carbocycles. The SMILES string of the molecule is COc1cc2c(cc1OC)[C@H](CNC(=O)C1CC1)[NH+](Cc1cccc(F)c1)CC2. The zero-order chi connectivity index (χ0) is 20.4. The molecule has 0 spiro atoms. The van der Waals surface area contributed by atoms with E-state index in [1.807, 2.05) is 18.2 Å². The average molecular weight is 399 g/mol. The van der Waals surface area contributed by atoms with E-state index in [9.17, 15) is 9.18 Å². The summed E-state index contributed by atoms with van der Waals surface area (Å²) in [4.78, 5) is 13.6. The molecule has 1 unspecified atom stereocenters. The van der Waals surface area contributed by atoms with Gasteiger partial charge in [0.25, 0.3) is 0 Å². The van der Waals surface area contributed by atoms with E-state index in [1.165, 1.54) is 16.5 Å². The molecule has 0 radical (unpaired) electrons. The maximum absolute atomic E-state index is 13.7. The Bertz CT molecular complexity index is 898. The second-order valence-corrected chi connectivity index (χ2v) is 7.94. The Morgan fingerprint density at radius 2 is 1.93 bits per heavy atom. The van der Waals surface area contributed by atoms with Gasteiger partial charge in [-0.3, -0.25) is 4.79 Å². The van der Waals surface area contributed by atoms with E-state index in [4.69, 9.17) is 9.47 Å². The number of carbonyl (C=O) groups excluding carboxylic acids is 1. The van der Waals surface area contributed by atoms with Crippen LogP contribution in [0.25, 0.3) is 0 Å². The van der Waals surface area contributed by atoms with Gasteiger partial charge in [0.05, 0.1) is 27.3 Å². The molecule has 0 bridgehead atoms. The summed E-state index contributed by atoms with van der Waals surface area (Å²) in [5.41, 5.74) is 3.34. The summed E-state index contributed by atoms with van der Waals surface area (Å²) in [5.74, 6) is 1.51. The molecule has 2 aliphatic rings. The highest BCUT2D eigenvalue weighted by molar-refractivity contribution is 5.80. The van der Waals surface area contributed by atoms with Gasteiger partial charge < -0.3 is 19.7 Å². The fraction of sp³-hybridized carbons (Fsp3) is 0.435. The maximum Gasteiger partial charge on any atom is 0.223 e. The molecule has 154 valence electrons. The summed E-state index contributed by atoms with van der Waals surface area (Å²) >= 11 is 0. The molecular formula is C23H28FN2O3+. The lowest BCUT2D eigenvalue weighted by molar-refractivity contribution is -0.945. The molecular weight excluding hydrogens is 371 g/mol. The lowest BCUT2D eigenvalue weighted by atomic mass is 9.91. The zero-order valence-electron chi connectivity index (χ0n) is 17.0. The number of carbonyl (C=O) groups is 1. The third-order valence-electron chi connectivity index (χ3n) is 5.98. The second kappa shape index (κ2) is 8.41. The number of rotatable bonds is 7. The summed E-state index contributed by atoms with van der Waals surface area (Å²) in [6.07, 6.45) is 2.86. The van der Waals surface area contributed by atoms with E-state index in [1.54, 1.807) is 26.4 Å². The van der Waals surface area contributed by atoms with Crippen LogP contribution in [-0.2, 0) is 17.8 Å². The molecule has 29 heavy (non-hydrogen) atoms. The molecule has 1 amide bonds. The minimum absolute atomic E-state index is 0.0736. The van der Waals surface area contributed by atoms with Gasteiger partial charge in [0.1, 0.15) is 18.4 Å². The van der Waals surface area contributed by atoms with Crippen LogP contribution >= 0.6 is 0 Å². The van der Waals surface area contributed by atoms with Crippen LogP contribution in [0.1, 0.15) is 35.6 Å². The maximum atomic E-state index is 13.7. The monoisotopic (exact) mass is 399 g/mol. The third kappa shape index (κ3) is 4.37. The smallest absolute Gasteiger partial charge is 0.223 e. The highest BCUT2D eigenvalue weighted by atomic mass is 19.1. The van der Waals surface area contributed by atoms with Gasteiger partial charge in [-0.25, -0.2) is 4.39 Å². The number of halogens is 1. The topological polar surface area (TPSA) is 52.0 Å². The number of ether oxygens (including phenoxy) is 2. The van der Waals surface area contributed by atoms with Crippen molar-refractivity contribution in [3.8, 4) is 11.5 Å². The summed E-state index contributed by atoms with van der Waals surface area (Å²) < 4.78 is 24.7. The Morgan fingerprint density at radius 1 is 1.17 bits per heavy atom. The van der Waals surface area contributed by atoms with Crippen molar-refractivity contribution in [3.05, 3.63) is 58.9 Å². The molecule has 2 aromatic rings. The van der Waals surface area contributed by atoms with Gasteiger partial charge in [0.2, 0.25) is 5.91 Å². The van der Waals surface area contributed by atoms with Crippen LogP contribution < -0.4 is 19.7 Å². The quantitative estimate of drug-likeness (QED) is 0.749. The normalized spacial score (nSPS) is 20.7. The number of hydrogen-bond donors (Lipinski definition) is 2. The van der Waals surface area contributed by atoms with Crippen LogP contribution in [0.3, 0.4) is 0 Å². The highest BCUT2D eigenvalue weighted by Crippen LogP contribution is 2.34. The van der Waals surface area contributed by atoms with Crippen molar-refractivity contribution in [2.45, 2.75) is 31.8 Å². The Hall–Kier alpha value is -2.60. The Kier molecular flexibility index (Phi) is 5.72. The van der Waals surface area contributed by atoms with E-state index in [2.05, 4.69) is 5.32 Å². The van der Waals surface area contributed by atoms with Gasteiger partial charge >= 0.3 is 0 Å². The van der Waals surface area contributed by atoms with Crippen molar-refractivity contribution in [1.82, 2.24) is 5.32 Å². The van der Waals surface area contributed by atoms with Crippen molar-refractivity contribution in [2.75, 3.05) is 27.3 Å². The predicted molar refractivity (Wildman–Crippen MR) is 108 cm³/mol. The Labute approximate surface area is 170 Å². The molecule has 1 fully saturated rings. The number of fused-ring (bicyclic) bond motifs is 1. The van der Waals surface area contributed by atoms with E-state index in [0.29, 0.717) is 18.8 Å². The van der Waals surface area contributed by atoms with Crippen LogP contribution in [0, 0.1) is 11.7 Å². The highest BCUT2D eigenvalue weighted by Gasteiger charge is 2.35. The lowest BCUT2D eigenvalue weighted by Crippen LogP contribution is -3.12. The molecule has 2 N–H and O–H groups in total. The van der Waals surface area contributed by atoms with E-state index >= 15 is 0 Å². The average Bonchev–Trinajstić information content (AvgIpc) is 3.57. The van der Waals surface area contributed by atoms with E-state index in [0.717, 1.165) is 42.7 Å². The number of amides is 1. The van der Waals surface area contributed by atoms with Crippen molar-refractivity contribution in [1.29, 1.82) is 0 Å². The van der Waals surface area contributed by atoms with Gasteiger partial charge in [-0.1, -0.05) is 12.1 Å². The predicted octanol–water partition coefficient (Wildman–Crippen LogP) is 2.05. The summed E-state index contributed by atoms with van der Waals surface area (Å²) in [6.45, 7) is 2.17. The van der Waals surface area contributed by atoms with Gasteiger partial charge in [-0.2, -0.15) is 0 Å². The van der Waals surface area contributed by atoms with Crippen molar-refractivity contribution < 1.29 is 23.6 Å². The van der Waals surface area contributed by atoms with Gasteiger partial charge in [-0.15, -0.1) is 0 Å². The molecule has 5 nitrogen and oxygen atoms in total. The summed E-state index contributed by atoms with van der Waals surface area (Å²) in [6, 6.07) is 10.9. The Balaban J connectivity index is 1.63. The third-order valence-corrected chi connectivity index (χ3v) is 5.98. The summed E-state index contributed by atoms with van der Waals surface area (Å²) in [5, 5.41) is 3.14. The van der Waals surface area contributed by atoms with Crippen molar-refractivity contribution in [2.24, 2.45) is 5.92 Å². The van der Waals surface area contributed by atoms with Gasteiger partial charge in [-0.05, 0) is 42.7 Å².